The first-order chi connectivity index (χ1) is 5.75. The number of rotatable bonds is 2. The molecule has 1 aliphatic carbocycles. The average Bonchev–Trinajstić information content (AvgIpc) is 2.44. The van der Waals surface area contributed by atoms with Gasteiger partial charge in [0.15, 0.2) is 4.67 Å². The summed E-state index contributed by atoms with van der Waals surface area (Å²) in [6.07, 6.45) is 2.84. The summed E-state index contributed by atoms with van der Waals surface area (Å²) in [5.41, 5.74) is 0. The van der Waals surface area contributed by atoms with Gasteiger partial charge in [-0.25, -0.2) is 0 Å². The highest BCUT2D eigenvalue weighted by Crippen LogP contribution is 2.31. The lowest BCUT2D eigenvalue weighted by Crippen LogP contribution is -2.32. The predicted octanol–water partition coefficient (Wildman–Crippen LogP) is 2.36. The van der Waals surface area contributed by atoms with E-state index < -0.39 is 0 Å². The van der Waals surface area contributed by atoms with Crippen LogP contribution in [0.1, 0.15) is 18.6 Å². The minimum absolute atomic E-state index is 0.103. The normalized spacial score (nSPS) is 28.5. The van der Waals surface area contributed by atoms with Gasteiger partial charge in [0.25, 0.3) is 0 Å². The van der Waals surface area contributed by atoms with Crippen LogP contribution in [-0.2, 0) is 6.42 Å². The summed E-state index contributed by atoms with van der Waals surface area (Å²) in [7, 11) is 0. The molecule has 3 heteroatoms. The van der Waals surface area contributed by atoms with E-state index in [4.69, 9.17) is 4.42 Å². The van der Waals surface area contributed by atoms with Crippen LogP contribution >= 0.6 is 15.9 Å². The van der Waals surface area contributed by atoms with Gasteiger partial charge in [-0.05, 0) is 46.8 Å². The fraction of sp³-hybridized carbons (Fsp3) is 0.556. The van der Waals surface area contributed by atoms with Crippen molar-refractivity contribution in [1.29, 1.82) is 0 Å². The minimum atomic E-state index is -0.103. The Morgan fingerprint density at radius 2 is 2.33 bits per heavy atom. The maximum atomic E-state index is 9.32. The molecule has 66 valence electrons. The smallest absolute Gasteiger partial charge is 0.169 e. The molecule has 0 aromatic carbocycles. The van der Waals surface area contributed by atoms with Crippen LogP contribution in [0.4, 0.5) is 0 Å². The van der Waals surface area contributed by atoms with Crippen LogP contribution in [0.15, 0.2) is 21.2 Å². The van der Waals surface area contributed by atoms with Crippen LogP contribution in [0.3, 0.4) is 0 Å². The Morgan fingerprint density at radius 3 is 2.75 bits per heavy atom. The van der Waals surface area contributed by atoms with Gasteiger partial charge in [0.1, 0.15) is 5.76 Å². The summed E-state index contributed by atoms with van der Waals surface area (Å²) in [4.78, 5) is 0. The maximum Gasteiger partial charge on any atom is 0.169 e. The first-order valence-electron chi connectivity index (χ1n) is 4.18. The van der Waals surface area contributed by atoms with Crippen molar-refractivity contribution in [1.82, 2.24) is 0 Å². The lowest BCUT2D eigenvalue weighted by atomic mass is 9.79. The molecular weight excluding hydrogens is 220 g/mol. The molecule has 1 aliphatic rings. The molecule has 1 heterocycles. The third-order valence-corrected chi connectivity index (χ3v) is 2.90. The van der Waals surface area contributed by atoms with Crippen molar-refractivity contribution in [2.75, 3.05) is 0 Å². The van der Waals surface area contributed by atoms with Crippen LogP contribution in [0.25, 0.3) is 0 Å². The molecule has 2 unspecified atom stereocenters. The SMILES string of the molecule is OC1CCC1Cc1ccc(Br)o1. The summed E-state index contributed by atoms with van der Waals surface area (Å²) in [6.45, 7) is 0. The molecule has 1 fully saturated rings. The van der Waals surface area contributed by atoms with Crippen LogP contribution in [0.2, 0.25) is 0 Å². The third-order valence-electron chi connectivity index (χ3n) is 2.47. The lowest BCUT2D eigenvalue weighted by molar-refractivity contribution is 0.0217. The van der Waals surface area contributed by atoms with Gasteiger partial charge >= 0.3 is 0 Å². The average molecular weight is 231 g/mol. The molecule has 0 bridgehead atoms. The quantitative estimate of drug-likeness (QED) is 0.847. The van der Waals surface area contributed by atoms with E-state index >= 15 is 0 Å². The third kappa shape index (κ3) is 1.57. The number of halogens is 1. The molecule has 1 N–H and O–H groups in total. The van der Waals surface area contributed by atoms with Gasteiger partial charge in [-0.3, -0.25) is 0 Å². The van der Waals surface area contributed by atoms with Gasteiger partial charge < -0.3 is 9.52 Å². The van der Waals surface area contributed by atoms with Gasteiger partial charge in [-0.2, -0.15) is 0 Å². The maximum absolute atomic E-state index is 9.32. The summed E-state index contributed by atoms with van der Waals surface area (Å²) < 4.78 is 6.11. The van der Waals surface area contributed by atoms with Crippen LogP contribution in [0, 0.1) is 5.92 Å². The summed E-state index contributed by atoms with van der Waals surface area (Å²) in [5, 5.41) is 9.32. The van der Waals surface area contributed by atoms with Crippen molar-refractivity contribution in [3.05, 3.63) is 22.6 Å². The second-order valence-electron chi connectivity index (χ2n) is 3.31. The number of hydrogen-bond acceptors (Lipinski definition) is 2. The molecular formula is C9H11BrO2. The Balaban J connectivity index is 1.95. The predicted molar refractivity (Wildman–Crippen MR) is 48.8 cm³/mol. The van der Waals surface area contributed by atoms with Crippen LogP contribution < -0.4 is 0 Å². The Hall–Kier alpha value is -0.280. The van der Waals surface area contributed by atoms with Crippen molar-refractivity contribution >= 4 is 15.9 Å². The molecule has 0 amide bonds. The molecule has 0 radical (unpaired) electrons. The van der Waals surface area contributed by atoms with Gasteiger partial charge in [-0.15, -0.1) is 0 Å². The topological polar surface area (TPSA) is 33.4 Å². The van der Waals surface area contributed by atoms with E-state index in [-0.39, 0.29) is 6.10 Å². The van der Waals surface area contributed by atoms with E-state index in [1.54, 1.807) is 0 Å². The summed E-state index contributed by atoms with van der Waals surface area (Å²) in [6, 6.07) is 3.84. The molecule has 1 aromatic rings. The first-order valence-corrected chi connectivity index (χ1v) is 4.97. The first kappa shape index (κ1) is 8.32. The molecule has 2 atom stereocenters. The number of hydrogen-bond donors (Lipinski definition) is 1. The molecule has 1 saturated carbocycles. The zero-order chi connectivity index (χ0) is 8.55. The van der Waals surface area contributed by atoms with Crippen LogP contribution in [0.5, 0.6) is 0 Å². The zero-order valence-electron chi connectivity index (χ0n) is 6.66. The van der Waals surface area contributed by atoms with Gasteiger partial charge in [0, 0.05) is 6.42 Å². The second kappa shape index (κ2) is 3.23. The van der Waals surface area contributed by atoms with Crippen molar-refractivity contribution in [2.45, 2.75) is 25.4 Å². The fourth-order valence-corrected chi connectivity index (χ4v) is 1.85. The van der Waals surface area contributed by atoms with Gasteiger partial charge in [-0.1, -0.05) is 0 Å². The molecule has 12 heavy (non-hydrogen) atoms. The molecule has 0 spiro atoms. The van der Waals surface area contributed by atoms with Crippen molar-refractivity contribution < 1.29 is 9.52 Å². The standard InChI is InChI=1S/C9H11BrO2/c10-9-4-2-7(12-9)5-6-1-3-8(6)11/h2,4,6,8,11H,1,3,5H2. The number of aliphatic hydroxyl groups excluding tert-OH is 1. The molecule has 0 aliphatic heterocycles. The highest BCUT2D eigenvalue weighted by molar-refractivity contribution is 9.10. The van der Waals surface area contributed by atoms with Crippen LogP contribution in [-0.4, -0.2) is 11.2 Å². The molecule has 0 saturated heterocycles. The van der Waals surface area contributed by atoms with Crippen molar-refractivity contribution in [3.63, 3.8) is 0 Å². The Bertz CT molecular complexity index is 269. The van der Waals surface area contributed by atoms with E-state index in [0.29, 0.717) is 5.92 Å². The van der Waals surface area contributed by atoms with E-state index in [9.17, 15) is 5.11 Å². The number of furan rings is 1. The Kier molecular flexibility index (Phi) is 2.24. The fourth-order valence-electron chi connectivity index (χ4n) is 1.51. The van der Waals surface area contributed by atoms with Gasteiger partial charge in [0.05, 0.1) is 6.10 Å². The van der Waals surface area contributed by atoms with E-state index in [0.717, 1.165) is 29.7 Å². The van der Waals surface area contributed by atoms with Crippen molar-refractivity contribution in [3.8, 4) is 0 Å². The highest BCUT2D eigenvalue weighted by atomic mass is 79.9. The number of aliphatic hydroxyl groups is 1. The van der Waals surface area contributed by atoms with Crippen molar-refractivity contribution in [2.24, 2.45) is 5.92 Å². The van der Waals surface area contributed by atoms with Gasteiger partial charge in [0.2, 0.25) is 0 Å². The lowest BCUT2D eigenvalue weighted by Gasteiger charge is -2.31. The monoisotopic (exact) mass is 230 g/mol. The largest absolute Gasteiger partial charge is 0.454 e. The van der Waals surface area contributed by atoms with E-state index in [1.807, 2.05) is 12.1 Å². The molecule has 2 rings (SSSR count). The molecule has 2 nitrogen and oxygen atoms in total. The van der Waals surface area contributed by atoms with E-state index in [1.165, 1.54) is 0 Å². The molecule has 1 aromatic heterocycles. The Morgan fingerprint density at radius 1 is 1.50 bits per heavy atom. The zero-order valence-corrected chi connectivity index (χ0v) is 8.25. The summed E-state index contributed by atoms with van der Waals surface area (Å²) >= 11 is 3.25. The minimum Gasteiger partial charge on any atom is -0.454 e. The highest BCUT2D eigenvalue weighted by Gasteiger charge is 2.29. The Labute approximate surface area is 79.7 Å². The summed E-state index contributed by atoms with van der Waals surface area (Å²) in [5.74, 6) is 1.38. The second-order valence-corrected chi connectivity index (χ2v) is 4.10. The van der Waals surface area contributed by atoms with E-state index in [2.05, 4.69) is 15.9 Å².